The van der Waals surface area contributed by atoms with Crippen molar-refractivity contribution in [2.45, 2.75) is 135 Å². The van der Waals surface area contributed by atoms with Gasteiger partial charge < -0.3 is 39.2 Å². The zero-order valence-electron chi connectivity index (χ0n) is 56.3. The molecule has 0 saturated carbocycles. The molecular weight excluding hydrogens is 1100 g/mol. The number of hydrogen-bond acceptors (Lipinski definition) is 10. The van der Waals surface area contributed by atoms with E-state index in [9.17, 15) is 0 Å². The summed E-state index contributed by atoms with van der Waals surface area (Å²) in [6, 6.07) is 65.0. The van der Waals surface area contributed by atoms with Crippen molar-refractivity contribution in [2.24, 2.45) is 0 Å². The van der Waals surface area contributed by atoms with Crippen molar-refractivity contribution in [1.29, 1.82) is 0 Å². The molecule has 14 rings (SSSR count). The highest BCUT2D eigenvalue weighted by Gasteiger charge is 2.39. The van der Waals surface area contributed by atoms with Gasteiger partial charge >= 0.3 is 0 Å². The van der Waals surface area contributed by atoms with Crippen LogP contribution in [0.5, 0.6) is 0 Å². The first-order valence-corrected chi connectivity index (χ1v) is 31.9. The Morgan fingerprint density at radius 3 is 0.978 bits per heavy atom. The quantitative estimate of drug-likeness (QED) is 0.161. The zero-order chi connectivity index (χ0) is 64.0. The number of fused-ring (bicyclic) bond motifs is 4. The van der Waals surface area contributed by atoms with Crippen LogP contribution in [0.3, 0.4) is 0 Å². The predicted octanol–water partition coefficient (Wildman–Crippen LogP) is 20.4. The summed E-state index contributed by atoms with van der Waals surface area (Å²) in [5, 5.41) is 0. The molecule has 4 aliphatic heterocycles. The molecule has 10 nitrogen and oxygen atoms in total. The molecule has 0 unspecified atom stereocenters. The van der Waals surface area contributed by atoms with E-state index in [1.807, 2.05) is 24.5 Å². The third kappa shape index (κ3) is 11.5. The van der Waals surface area contributed by atoms with E-state index in [-0.39, 0.29) is 18.5 Å². The van der Waals surface area contributed by atoms with Crippen LogP contribution in [0.15, 0.2) is 194 Å². The van der Waals surface area contributed by atoms with Crippen LogP contribution in [0.1, 0.15) is 94.5 Å². The number of benzene rings is 8. The van der Waals surface area contributed by atoms with E-state index in [1.54, 1.807) is 0 Å². The van der Waals surface area contributed by atoms with Gasteiger partial charge in [0.2, 0.25) is 0 Å². The van der Waals surface area contributed by atoms with Crippen molar-refractivity contribution < 1.29 is 0 Å². The van der Waals surface area contributed by atoms with Crippen LogP contribution >= 0.6 is 0 Å². The number of pyridine rings is 2. The summed E-state index contributed by atoms with van der Waals surface area (Å²) >= 11 is 0. The van der Waals surface area contributed by atoms with Crippen molar-refractivity contribution in [3.63, 3.8) is 0 Å². The topological polar surface area (TPSA) is 51.7 Å². The second kappa shape index (κ2) is 25.5. The molecule has 2 aromatic heterocycles. The standard InChI is InChI=1S/C23H24N2.C22H23N3.C18H22N2.C17H21N3/c1-16-14-17(2)18(3)23(15-16)25-19(4)24(20-10-6-5-7-11-20)21-12-8-9-13-22(21)25;1-15-13-16(2)17(3)21(14-15)25-18(4)24(19-9-6-5-7-10-19)22-20(25)11-8-12-23-22;1-12-10-13(2)14(3)18(11-12)20-15(4)19(5)16-8-6-7-9-17(16)20;1-11-9-12(2)13(3)16(10-11)20-14(4)19(5)17-15(20)7-6-8-18-17/h5-15,19H,1-4H3;5-14,18H,1-4H3;6-11,15H,1-5H3;6-10,14H,1-5H3/t19-;18-;15-;14-/m0000/s1. The smallest absolute Gasteiger partial charge is 0.158 e. The Morgan fingerprint density at radius 2 is 0.544 bits per heavy atom. The van der Waals surface area contributed by atoms with E-state index in [0.29, 0.717) is 6.17 Å². The van der Waals surface area contributed by atoms with E-state index in [0.717, 1.165) is 17.3 Å². The molecule has 4 atom stereocenters. The maximum atomic E-state index is 4.70. The molecule has 0 aliphatic carbocycles. The summed E-state index contributed by atoms with van der Waals surface area (Å²) < 4.78 is 0. The minimum absolute atomic E-state index is 0.159. The van der Waals surface area contributed by atoms with Crippen molar-refractivity contribution in [3.05, 3.63) is 261 Å². The summed E-state index contributed by atoms with van der Waals surface area (Å²) in [5.41, 5.74) is 31.0. The molecule has 4 aliphatic rings. The highest BCUT2D eigenvalue weighted by atomic mass is 15.5. The monoisotopic (exact) mass is 1190 g/mol. The number of aryl methyl sites for hydroxylation is 8. The molecule has 8 aromatic carbocycles. The largest absolute Gasteiger partial charge is 0.353 e. The van der Waals surface area contributed by atoms with Gasteiger partial charge in [0.25, 0.3) is 0 Å². The minimum Gasteiger partial charge on any atom is -0.353 e. The lowest BCUT2D eigenvalue weighted by Crippen LogP contribution is -2.36. The average Bonchev–Trinajstić information content (AvgIpc) is 1.66. The summed E-state index contributed by atoms with van der Waals surface area (Å²) in [4.78, 5) is 28.2. The lowest BCUT2D eigenvalue weighted by Gasteiger charge is -2.32. The number of para-hydroxylation sites is 6. The average molecular weight is 1190 g/mol. The number of hydrogen-bond donors (Lipinski definition) is 0. The van der Waals surface area contributed by atoms with Crippen molar-refractivity contribution in [3.8, 4) is 0 Å². The number of rotatable bonds is 6. The van der Waals surface area contributed by atoms with Gasteiger partial charge in [0, 0.05) is 60.6 Å². The van der Waals surface area contributed by atoms with Crippen molar-refractivity contribution >= 4 is 79.9 Å². The lowest BCUT2D eigenvalue weighted by molar-refractivity contribution is 0.727. The Bertz CT molecular complexity index is 3960. The van der Waals surface area contributed by atoms with E-state index in [1.165, 1.54) is 129 Å². The molecule has 0 N–H and O–H groups in total. The first kappa shape index (κ1) is 62.1. The van der Waals surface area contributed by atoms with E-state index >= 15 is 0 Å². The van der Waals surface area contributed by atoms with Gasteiger partial charge in [0.05, 0.1) is 34.1 Å². The van der Waals surface area contributed by atoms with Gasteiger partial charge in [-0.15, -0.1) is 0 Å². The first-order valence-electron chi connectivity index (χ1n) is 31.9. The van der Waals surface area contributed by atoms with Crippen LogP contribution in [-0.2, 0) is 0 Å². The van der Waals surface area contributed by atoms with Crippen LogP contribution < -0.4 is 39.2 Å². The van der Waals surface area contributed by atoms with Crippen molar-refractivity contribution in [1.82, 2.24) is 9.97 Å². The van der Waals surface area contributed by atoms with E-state index < -0.39 is 0 Å². The molecular formula is C80H90N10. The summed E-state index contributed by atoms with van der Waals surface area (Å²) in [5.74, 6) is 2.07. The second-order valence-corrected chi connectivity index (χ2v) is 25.2. The molecule has 0 fully saturated rings. The molecule has 0 bridgehead atoms. The molecule has 90 heavy (non-hydrogen) atoms. The molecule has 0 radical (unpaired) electrons. The van der Waals surface area contributed by atoms with Crippen LogP contribution in [0, 0.1) is 83.1 Å². The van der Waals surface area contributed by atoms with Crippen molar-refractivity contribution in [2.75, 3.05) is 53.3 Å². The molecule has 0 amide bonds. The SMILES string of the molecule is Cc1cc(C)c(C)c(N2c3ccccc3N(C)[C@@H]2C)c1.Cc1cc(C)c(C)c(N2c3ccccc3N(c3ccccc3)[C@@H]2C)c1.Cc1cc(C)c(C)c(N2c3cccnc3N(C)[C@@H]2C)c1.Cc1cc(C)c(C)c(N2c3cccnc3N(c3ccccc3)[C@@H]2C)c1. The Morgan fingerprint density at radius 1 is 0.256 bits per heavy atom. The Balaban J connectivity index is 0.000000124. The van der Waals surface area contributed by atoms with Crippen LogP contribution in [0.2, 0.25) is 0 Å². The Labute approximate surface area is 536 Å². The van der Waals surface area contributed by atoms with Gasteiger partial charge in [-0.1, -0.05) is 84.9 Å². The molecule has 10 heteroatoms. The second-order valence-electron chi connectivity index (χ2n) is 25.2. The van der Waals surface area contributed by atoms with Crippen LogP contribution in [0.4, 0.5) is 79.9 Å². The number of nitrogens with zero attached hydrogens (tertiary/aromatic N) is 10. The fraction of sp³-hybridized carbons (Fsp3) is 0.275. The van der Waals surface area contributed by atoms with Gasteiger partial charge in [-0.3, -0.25) is 0 Å². The third-order valence-electron chi connectivity index (χ3n) is 19.1. The molecule has 10 aromatic rings. The fourth-order valence-corrected chi connectivity index (χ4v) is 13.9. The first-order chi connectivity index (χ1) is 43.2. The minimum atomic E-state index is 0.159. The van der Waals surface area contributed by atoms with Gasteiger partial charge in [0.1, 0.15) is 24.7 Å². The predicted molar refractivity (Wildman–Crippen MR) is 384 cm³/mol. The molecule has 460 valence electrons. The summed E-state index contributed by atoms with van der Waals surface area (Å²) in [6.45, 7) is 35.3. The van der Waals surface area contributed by atoms with Gasteiger partial charge in [0.15, 0.2) is 11.6 Å². The highest BCUT2D eigenvalue weighted by molar-refractivity contribution is 5.90. The maximum Gasteiger partial charge on any atom is 0.158 e. The summed E-state index contributed by atoms with van der Waals surface area (Å²) in [6.07, 6.45) is 4.73. The van der Waals surface area contributed by atoms with Crippen LogP contribution in [-0.4, -0.2) is 48.7 Å². The van der Waals surface area contributed by atoms with Gasteiger partial charge in [-0.05, 0) is 275 Å². The molecule has 6 heterocycles. The normalized spacial score (nSPS) is 16.8. The lowest BCUT2D eigenvalue weighted by atomic mass is 10.0. The molecule has 0 saturated heterocycles. The number of aromatic nitrogens is 2. The van der Waals surface area contributed by atoms with E-state index in [4.69, 9.17) is 4.98 Å². The zero-order valence-corrected chi connectivity index (χ0v) is 56.3. The Hall–Kier alpha value is -9.54. The van der Waals surface area contributed by atoms with Gasteiger partial charge in [-0.2, -0.15) is 0 Å². The Kier molecular flexibility index (Phi) is 17.6. The maximum absolute atomic E-state index is 4.70. The highest BCUT2D eigenvalue weighted by Crippen LogP contribution is 2.51. The van der Waals surface area contributed by atoms with E-state index in [2.05, 4.69) is 339 Å². The number of anilines is 14. The van der Waals surface area contributed by atoms with Crippen LogP contribution in [0.25, 0.3) is 0 Å². The fourth-order valence-electron chi connectivity index (χ4n) is 13.9. The summed E-state index contributed by atoms with van der Waals surface area (Å²) in [7, 11) is 4.27. The molecule has 0 spiro atoms. The van der Waals surface area contributed by atoms with Gasteiger partial charge in [-0.25, -0.2) is 9.97 Å². The third-order valence-corrected chi connectivity index (χ3v) is 19.1.